The molecule has 1 aliphatic rings. The van der Waals surface area contributed by atoms with Gasteiger partial charge in [-0.05, 0) is 27.2 Å². The zero-order valence-electron chi connectivity index (χ0n) is 12.1. The van der Waals surface area contributed by atoms with Gasteiger partial charge in [0.1, 0.15) is 15.4 Å². The van der Waals surface area contributed by atoms with E-state index in [1.54, 1.807) is 4.90 Å². The third-order valence-corrected chi connectivity index (χ3v) is 3.78. The molecule has 112 valence electrons. The summed E-state index contributed by atoms with van der Waals surface area (Å²) in [6, 6.07) is -0.127. The minimum Gasteiger partial charge on any atom is -0.444 e. The molecule has 0 spiro atoms. The minimum absolute atomic E-state index is 0.0820. The van der Waals surface area contributed by atoms with E-state index in [9.17, 15) is 13.2 Å². The second-order valence-electron chi connectivity index (χ2n) is 5.95. The molecule has 1 heterocycles. The Labute approximate surface area is 115 Å². The van der Waals surface area contributed by atoms with Gasteiger partial charge in [0.05, 0.1) is 5.75 Å². The number of amides is 1. The van der Waals surface area contributed by atoms with Crippen LogP contribution in [0.1, 0.15) is 27.2 Å². The second-order valence-corrected chi connectivity index (χ2v) is 8.21. The zero-order chi connectivity index (χ0) is 14.7. The van der Waals surface area contributed by atoms with Crippen LogP contribution in [0.15, 0.2) is 0 Å². The molecule has 1 N–H and O–H groups in total. The molecule has 1 atom stereocenters. The van der Waals surface area contributed by atoms with Gasteiger partial charge < -0.3 is 15.0 Å². The first-order chi connectivity index (χ1) is 8.58. The van der Waals surface area contributed by atoms with Crippen LogP contribution < -0.4 is 5.32 Å². The fraction of sp³-hybridized carbons (Fsp3) is 0.917. The number of hydrogen-bond donors (Lipinski definition) is 1. The fourth-order valence-corrected chi connectivity index (χ4v) is 2.63. The van der Waals surface area contributed by atoms with Crippen molar-refractivity contribution in [1.29, 1.82) is 0 Å². The van der Waals surface area contributed by atoms with E-state index in [2.05, 4.69) is 5.32 Å². The van der Waals surface area contributed by atoms with Crippen LogP contribution >= 0.6 is 0 Å². The molecule has 0 aromatic rings. The molecule has 1 saturated heterocycles. The third-order valence-electron chi connectivity index (χ3n) is 2.80. The van der Waals surface area contributed by atoms with Gasteiger partial charge in [-0.25, -0.2) is 13.2 Å². The van der Waals surface area contributed by atoms with E-state index in [1.165, 1.54) is 6.26 Å². The summed E-state index contributed by atoms with van der Waals surface area (Å²) < 4.78 is 27.8. The van der Waals surface area contributed by atoms with Gasteiger partial charge in [-0.15, -0.1) is 0 Å². The van der Waals surface area contributed by atoms with Gasteiger partial charge in [0.15, 0.2) is 0 Å². The summed E-state index contributed by atoms with van der Waals surface area (Å²) in [4.78, 5) is 13.7. The van der Waals surface area contributed by atoms with Gasteiger partial charge >= 0.3 is 6.09 Å². The summed E-state index contributed by atoms with van der Waals surface area (Å²) in [6.07, 6.45) is 1.28. The lowest BCUT2D eigenvalue weighted by Crippen LogP contribution is -2.55. The Hall–Kier alpha value is -0.820. The summed E-state index contributed by atoms with van der Waals surface area (Å²) in [7, 11) is -3.01. The molecular formula is C12H24N2O4S. The molecule has 0 aliphatic carbocycles. The summed E-state index contributed by atoms with van der Waals surface area (Å²) in [6.45, 7) is 7.31. The van der Waals surface area contributed by atoms with Crippen LogP contribution in [-0.4, -0.2) is 62.7 Å². The Bertz CT molecular complexity index is 414. The molecule has 0 aromatic carbocycles. The predicted octanol–water partition coefficient (Wildman–Crippen LogP) is 0.630. The Morgan fingerprint density at radius 3 is 2.58 bits per heavy atom. The maximum absolute atomic E-state index is 12.1. The van der Waals surface area contributed by atoms with E-state index >= 15 is 0 Å². The van der Waals surface area contributed by atoms with Crippen molar-refractivity contribution < 1.29 is 17.9 Å². The average molecular weight is 292 g/mol. The van der Waals surface area contributed by atoms with Crippen LogP contribution in [0.3, 0.4) is 0 Å². The van der Waals surface area contributed by atoms with E-state index in [4.69, 9.17) is 4.74 Å². The Morgan fingerprint density at radius 2 is 2.05 bits per heavy atom. The molecule has 1 rings (SSSR count). The van der Waals surface area contributed by atoms with Crippen LogP contribution in [-0.2, 0) is 14.6 Å². The number of rotatable bonds is 3. The van der Waals surface area contributed by atoms with Crippen LogP contribution in [0.2, 0.25) is 0 Å². The Kier molecular flexibility index (Phi) is 5.20. The van der Waals surface area contributed by atoms with Crippen molar-refractivity contribution in [2.75, 3.05) is 31.6 Å². The highest BCUT2D eigenvalue weighted by Crippen LogP contribution is 2.15. The number of carbonyl (C=O) groups is 1. The van der Waals surface area contributed by atoms with Crippen molar-refractivity contribution in [3.05, 3.63) is 0 Å². The fourth-order valence-electron chi connectivity index (χ4n) is 1.93. The molecule has 0 aromatic heterocycles. The molecule has 1 amide bonds. The summed E-state index contributed by atoms with van der Waals surface area (Å²) in [5.41, 5.74) is -0.538. The Morgan fingerprint density at radius 1 is 1.42 bits per heavy atom. The highest BCUT2D eigenvalue weighted by Gasteiger charge is 2.30. The first-order valence-corrected chi connectivity index (χ1v) is 8.52. The average Bonchev–Trinajstić information content (AvgIpc) is 2.23. The maximum Gasteiger partial charge on any atom is 0.410 e. The lowest BCUT2D eigenvalue weighted by atomic mass is 10.1. The smallest absolute Gasteiger partial charge is 0.410 e. The number of nitrogens with one attached hydrogen (secondary N) is 1. The van der Waals surface area contributed by atoms with Crippen LogP contribution in [0, 0.1) is 0 Å². The number of ether oxygens (including phenoxy) is 1. The molecule has 0 saturated carbocycles. The number of piperazine rings is 1. The third kappa shape index (κ3) is 6.24. The van der Waals surface area contributed by atoms with E-state index < -0.39 is 15.4 Å². The van der Waals surface area contributed by atoms with Crippen molar-refractivity contribution >= 4 is 15.9 Å². The molecule has 7 heteroatoms. The van der Waals surface area contributed by atoms with Crippen LogP contribution in [0.25, 0.3) is 0 Å². The molecule has 0 bridgehead atoms. The van der Waals surface area contributed by atoms with Crippen molar-refractivity contribution in [1.82, 2.24) is 10.2 Å². The number of sulfone groups is 1. The highest BCUT2D eigenvalue weighted by atomic mass is 32.2. The van der Waals surface area contributed by atoms with Gasteiger partial charge in [-0.1, -0.05) is 0 Å². The predicted molar refractivity (Wildman–Crippen MR) is 73.9 cm³/mol. The molecule has 0 radical (unpaired) electrons. The molecule has 1 unspecified atom stereocenters. The van der Waals surface area contributed by atoms with Crippen molar-refractivity contribution in [3.63, 3.8) is 0 Å². The molecule has 19 heavy (non-hydrogen) atoms. The van der Waals surface area contributed by atoms with E-state index in [-0.39, 0.29) is 17.9 Å². The Balaban J connectivity index is 2.64. The summed E-state index contributed by atoms with van der Waals surface area (Å²) >= 11 is 0. The molecular weight excluding hydrogens is 268 g/mol. The molecule has 1 aliphatic heterocycles. The van der Waals surface area contributed by atoms with E-state index in [0.29, 0.717) is 26.1 Å². The molecule has 1 fully saturated rings. The van der Waals surface area contributed by atoms with E-state index in [1.807, 2.05) is 20.8 Å². The topological polar surface area (TPSA) is 75.7 Å². The van der Waals surface area contributed by atoms with Crippen molar-refractivity contribution in [3.8, 4) is 0 Å². The standard InChI is InChI=1S/C12H24N2O4S/c1-12(2,3)18-11(15)14-7-6-13-9-10(14)5-8-19(4,16)17/h10,13H,5-9H2,1-4H3. The number of hydrogen-bond acceptors (Lipinski definition) is 5. The van der Waals surface area contributed by atoms with Crippen molar-refractivity contribution in [2.45, 2.75) is 38.8 Å². The summed E-state index contributed by atoms with van der Waals surface area (Å²) in [5.74, 6) is 0.0820. The van der Waals surface area contributed by atoms with Gasteiger partial charge in [-0.3, -0.25) is 0 Å². The highest BCUT2D eigenvalue weighted by molar-refractivity contribution is 7.90. The van der Waals surface area contributed by atoms with Gasteiger partial charge in [-0.2, -0.15) is 0 Å². The van der Waals surface area contributed by atoms with Crippen LogP contribution in [0.4, 0.5) is 4.79 Å². The van der Waals surface area contributed by atoms with E-state index in [0.717, 1.165) is 0 Å². The zero-order valence-corrected chi connectivity index (χ0v) is 12.9. The molecule has 6 nitrogen and oxygen atoms in total. The summed E-state index contributed by atoms with van der Waals surface area (Å²) in [5, 5.41) is 3.17. The van der Waals surface area contributed by atoms with Crippen molar-refractivity contribution in [2.24, 2.45) is 0 Å². The lowest BCUT2D eigenvalue weighted by molar-refractivity contribution is 0.0118. The van der Waals surface area contributed by atoms with Crippen LogP contribution in [0.5, 0.6) is 0 Å². The normalized spacial score (nSPS) is 21.3. The number of carbonyl (C=O) groups excluding carboxylic acids is 1. The lowest BCUT2D eigenvalue weighted by Gasteiger charge is -2.37. The quantitative estimate of drug-likeness (QED) is 0.825. The largest absolute Gasteiger partial charge is 0.444 e. The first kappa shape index (κ1) is 16.2. The van der Waals surface area contributed by atoms with Gasteiger partial charge in [0, 0.05) is 31.9 Å². The number of nitrogens with zero attached hydrogens (tertiary/aromatic N) is 1. The monoisotopic (exact) mass is 292 g/mol. The minimum atomic E-state index is -3.01. The van der Waals surface area contributed by atoms with Gasteiger partial charge in [0.25, 0.3) is 0 Å². The SMILES string of the molecule is CC(C)(C)OC(=O)N1CCNCC1CCS(C)(=O)=O. The second kappa shape index (κ2) is 6.09. The van der Waals surface area contributed by atoms with Gasteiger partial charge in [0.2, 0.25) is 0 Å². The maximum atomic E-state index is 12.1. The first-order valence-electron chi connectivity index (χ1n) is 6.46.